The average Bonchev–Trinajstić information content (AvgIpc) is 1.97. The Bertz CT molecular complexity index is 86.9. The van der Waals surface area contributed by atoms with Gasteiger partial charge in [0.1, 0.15) is 6.73 Å². The molecular formula is C5H12N2O3. The largest absolute Gasteiger partial charge is 0.395 e. The molecule has 0 saturated carbocycles. The second kappa shape index (κ2) is 6.31. The van der Waals surface area contributed by atoms with E-state index in [1.807, 2.05) is 0 Å². The molecule has 0 aromatic heterocycles. The first-order valence-electron chi connectivity index (χ1n) is 2.92. The minimum Gasteiger partial charge on any atom is -0.395 e. The molecule has 0 saturated heterocycles. The van der Waals surface area contributed by atoms with Crippen LogP contribution in [-0.2, 0) is 4.74 Å². The number of ether oxygens (including phenoxy) is 1. The number of aliphatic hydroxyl groups excluding tert-OH is 1. The van der Waals surface area contributed by atoms with Gasteiger partial charge in [0.15, 0.2) is 0 Å². The van der Waals surface area contributed by atoms with Crippen LogP contribution in [0.2, 0.25) is 0 Å². The van der Waals surface area contributed by atoms with E-state index >= 15 is 0 Å². The Balaban J connectivity index is 3.09. The van der Waals surface area contributed by atoms with Gasteiger partial charge in [0.25, 0.3) is 0 Å². The van der Waals surface area contributed by atoms with Crippen LogP contribution in [0.5, 0.6) is 0 Å². The maximum atomic E-state index is 10.5. The molecule has 0 aromatic rings. The van der Waals surface area contributed by atoms with Crippen LogP contribution in [0.15, 0.2) is 0 Å². The van der Waals surface area contributed by atoms with Gasteiger partial charge in [-0.2, -0.15) is 0 Å². The van der Waals surface area contributed by atoms with Crippen LogP contribution in [0.3, 0.4) is 0 Å². The van der Waals surface area contributed by atoms with Crippen molar-refractivity contribution < 1.29 is 14.6 Å². The lowest BCUT2D eigenvalue weighted by atomic mass is 10.7. The van der Waals surface area contributed by atoms with Crippen LogP contribution in [0, 0.1) is 0 Å². The molecule has 5 nitrogen and oxygen atoms in total. The van der Waals surface area contributed by atoms with Crippen molar-refractivity contribution in [1.82, 2.24) is 10.6 Å². The van der Waals surface area contributed by atoms with Crippen molar-refractivity contribution in [1.29, 1.82) is 0 Å². The van der Waals surface area contributed by atoms with E-state index in [0.717, 1.165) is 0 Å². The molecule has 0 fully saturated rings. The lowest BCUT2D eigenvalue weighted by Crippen LogP contribution is -2.37. The summed E-state index contributed by atoms with van der Waals surface area (Å²) in [4.78, 5) is 10.5. The van der Waals surface area contributed by atoms with Gasteiger partial charge in [-0.25, -0.2) is 4.79 Å². The number of amides is 2. The second-order valence-electron chi connectivity index (χ2n) is 1.59. The molecule has 0 atom stereocenters. The summed E-state index contributed by atoms with van der Waals surface area (Å²) in [6.07, 6.45) is 0. The van der Waals surface area contributed by atoms with E-state index in [1.54, 1.807) is 0 Å². The third-order valence-electron chi connectivity index (χ3n) is 0.774. The molecule has 0 aliphatic carbocycles. The zero-order valence-corrected chi connectivity index (χ0v) is 5.89. The number of hydrogen-bond donors (Lipinski definition) is 3. The van der Waals surface area contributed by atoms with Gasteiger partial charge in [0.05, 0.1) is 6.61 Å². The summed E-state index contributed by atoms with van der Waals surface area (Å²) < 4.78 is 4.56. The van der Waals surface area contributed by atoms with Gasteiger partial charge in [-0.05, 0) is 0 Å². The van der Waals surface area contributed by atoms with Crippen molar-refractivity contribution in [2.75, 3.05) is 27.0 Å². The van der Waals surface area contributed by atoms with Crippen molar-refractivity contribution in [3.05, 3.63) is 0 Å². The first-order valence-corrected chi connectivity index (χ1v) is 2.92. The predicted molar refractivity (Wildman–Crippen MR) is 35.5 cm³/mol. The smallest absolute Gasteiger partial charge is 0.316 e. The fourth-order valence-electron chi connectivity index (χ4n) is 0.370. The number of urea groups is 1. The van der Waals surface area contributed by atoms with Crippen molar-refractivity contribution in [3.63, 3.8) is 0 Å². The van der Waals surface area contributed by atoms with Gasteiger partial charge in [0, 0.05) is 13.7 Å². The maximum Gasteiger partial charge on any atom is 0.316 e. The third-order valence-corrected chi connectivity index (χ3v) is 0.774. The topological polar surface area (TPSA) is 70.6 Å². The summed E-state index contributed by atoms with van der Waals surface area (Å²) >= 11 is 0. The van der Waals surface area contributed by atoms with Gasteiger partial charge < -0.3 is 20.5 Å². The van der Waals surface area contributed by atoms with Crippen LogP contribution < -0.4 is 10.6 Å². The fraction of sp³-hybridized carbons (Fsp3) is 0.800. The molecule has 0 heterocycles. The highest BCUT2D eigenvalue weighted by Gasteiger charge is 1.94. The molecule has 0 aliphatic rings. The molecule has 5 heteroatoms. The summed E-state index contributed by atoms with van der Waals surface area (Å²) in [5.41, 5.74) is 0. The molecule has 3 N–H and O–H groups in total. The SMILES string of the molecule is COCNC(=O)NCCO. The standard InChI is InChI=1S/C5H12N2O3/c1-10-4-7-5(9)6-2-3-8/h8H,2-4H2,1H3,(H2,6,7,9). The summed E-state index contributed by atoms with van der Waals surface area (Å²) in [7, 11) is 1.48. The van der Waals surface area contributed by atoms with E-state index < -0.39 is 0 Å². The van der Waals surface area contributed by atoms with Gasteiger partial charge in [-0.3, -0.25) is 0 Å². The van der Waals surface area contributed by atoms with Gasteiger partial charge in [-0.15, -0.1) is 0 Å². The predicted octanol–water partition coefficient (Wildman–Crippen LogP) is -1.12. The summed E-state index contributed by atoms with van der Waals surface area (Å²) in [5, 5.41) is 13.0. The van der Waals surface area contributed by atoms with Gasteiger partial charge >= 0.3 is 6.03 Å². The Morgan fingerprint density at radius 3 is 2.80 bits per heavy atom. The lowest BCUT2D eigenvalue weighted by molar-refractivity contribution is 0.171. The Labute approximate surface area is 59.4 Å². The van der Waals surface area contributed by atoms with E-state index in [-0.39, 0.29) is 25.9 Å². The minimum absolute atomic E-state index is 0.0552. The third kappa shape index (κ3) is 5.33. The normalized spacial score (nSPS) is 9.00. The minimum atomic E-state index is -0.337. The van der Waals surface area contributed by atoms with E-state index in [1.165, 1.54) is 7.11 Å². The Morgan fingerprint density at radius 1 is 1.60 bits per heavy atom. The maximum absolute atomic E-state index is 10.5. The van der Waals surface area contributed by atoms with Crippen molar-refractivity contribution in [2.24, 2.45) is 0 Å². The van der Waals surface area contributed by atoms with E-state index in [4.69, 9.17) is 5.11 Å². The molecule has 0 radical (unpaired) electrons. The second-order valence-corrected chi connectivity index (χ2v) is 1.59. The number of rotatable bonds is 4. The molecule has 0 rings (SSSR count). The number of aliphatic hydroxyl groups is 1. The number of nitrogens with one attached hydrogen (secondary N) is 2. The molecule has 60 valence electrons. The molecule has 10 heavy (non-hydrogen) atoms. The van der Waals surface area contributed by atoms with Crippen molar-refractivity contribution in [3.8, 4) is 0 Å². The molecule has 0 aromatic carbocycles. The Kier molecular flexibility index (Phi) is 5.80. The number of carbonyl (C=O) groups excluding carboxylic acids is 1. The van der Waals surface area contributed by atoms with Crippen molar-refractivity contribution >= 4 is 6.03 Å². The first-order chi connectivity index (χ1) is 4.81. The number of hydrogen-bond acceptors (Lipinski definition) is 3. The van der Waals surface area contributed by atoms with Crippen LogP contribution >= 0.6 is 0 Å². The van der Waals surface area contributed by atoms with E-state index in [9.17, 15) is 4.79 Å². The Hall–Kier alpha value is -0.810. The number of carbonyl (C=O) groups is 1. The summed E-state index contributed by atoms with van der Waals surface area (Å²) in [5.74, 6) is 0. The monoisotopic (exact) mass is 148 g/mol. The number of methoxy groups -OCH3 is 1. The molecule has 0 unspecified atom stereocenters. The van der Waals surface area contributed by atoms with Crippen LogP contribution in [0.25, 0.3) is 0 Å². The molecule has 0 spiro atoms. The Morgan fingerprint density at radius 2 is 2.30 bits per heavy atom. The molecule has 0 bridgehead atoms. The van der Waals surface area contributed by atoms with Crippen LogP contribution in [0.1, 0.15) is 0 Å². The summed E-state index contributed by atoms with van der Waals surface area (Å²) in [6, 6.07) is -0.337. The molecule has 0 aliphatic heterocycles. The quantitative estimate of drug-likeness (QED) is 0.442. The van der Waals surface area contributed by atoms with Gasteiger partial charge in [-0.1, -0.05) is 0 Å². The highest BCUT2D eigenvalue weighted by Crippen LogP contribution is 1.64. The lowest BCUT2D eigenvalue weighted by Gasteiger charge is -2.03. The zero-order valence-electron chi connectivity index (χ0n) is 5.89. The summed E-state index contributed by atoms with van der Waals surface area (Å²) in [6.45, 7) is 0.382. The molecule has 2 amide bonds. The van der Waals surface area contributed by atoms with Gasteiger partial charge in [0.2, 0.25) is 0 Å². The highest BCUT2D eigenvalue weighted by atomic mass is 16.5. The fourth-order valence-corrected chi connectivity index (χ4v) is 0.370. The van der Waals surface area contributed by atoms with E-state index in [0.29, 0.717) is 0 Å². The van der Waals surface area contributed by atoms with E-state index in [2.05, 4.69) is 15.4 Å². The first kappa shape index (κ1) is 9.19. The van der Waals surface area contributed by atoms with Crippen molar-refractivity contribution in [2.45, 2.75) is 0 Å². The zero-order chi connectivity index (χ0) is 7.82. The highest BCUT2D eigenvalue weighted by molar-refractivity contribution is 5.73. The van der Waals surface area contributed by atoms with Crippen LogP contribution in [0.4, 0.5) is 4.79 Å². The average molecular weight is 148 g/mol. The molecular weight excluding hydrogens is 136 g/mol. The van der Waals surface area contributed by atoms with Crippen LogP contribution in [-0.4, -0.2) is 38.1 Å².